The molecule has 0 aliphatic heterocycles. The Hall–Kier alpha value is -9.45. The van der Waals surface area contributed by atoms with E-state index in [1.807, 2.05) is 28.8 Å². The van der Waals surface area contributed by atoms with E-state index >= 15 is 0 Å². The monoisotopic (exact) mass is 895 g/mol. The Bertz CT molecular complexity index is 4740. The van der Waals surface area contributed by atoms with Crippen molar-refractivity contribution in [2.45, 2.75) is 0 Å². The van der Waals surface area contributed by atoms with Crippen LogP contribution in [0.3, 0.4) is 0 Å². The zero-order valence-corrected chi connectivity index (χ0v) is 37.6. The highest BCUT2D eigenvalue weighted by molar-refractivity contribution is 6.16. The molecule has 0 bridgehead atoms. The minimum atomic E-state index is -0.300. The van der Waals surface area contributed by atoms with E-state index in [4.69, 9.17) is 7.73 Å². The molecule has 5 nitrogen and oxygen atoms in total. The topological polar surface area (TPSA) is 32.6 Å². The molecule has 15 aromatic rings. The zero-order valence-electron chi connectivity index (χ0n) is 41.6. The lowest BCUT2D eigenvalue weighted by Crippen LogP contribution is -2.06. The van der Waals surface area contributed by atoms with E-state index in [0.29, 0.717) is 27.8 Å². The number of hydrogen-bond acceptors (Lipinski definition) is 1. The molecule has 326 valence electrons. The van der Waals surface area contributed by atoms with Gasteiger partial charge in [0.1, 0.15) is 5.82 Å². The van der Waals surface area contributed by atoms with Crippen molar-refractivity contribution in [3.05, 3.63) is 249 Å². The predicted octanol–water partition coefficient (Wildman–Crippen LogP) is 16.8. The second-order valence-electron chi connectivity index (χ2n) is 18.0. The molecule has 0 spiro atoms. The van der Waals surface area contributed by atoms with Gasteiger partial charge in [-0.25, -0.2) is 4.98 Å². The number of para-hydroxylation sites is 9. The number of rotatable bonds is 6. The summed E-state index contributed by atoms with van der Waals surface area (Å²) >= 11 is 0. The van der Waals surface area contributed by atoms with Gasteiger partial charge in [0.05, 0.1) is 66.7 Å². The molecule has 0 N–H and O–H groups in total. The minimum absolute atomic E-state index is 0.0874. The fraction of sp³-hybridized carbons (Fsp3) is 0. The second-order valence-corrected chi connectivity index (χ2v) is 18.0. The molecule has 5 aromatic heterocycles. The van der Waals surface area contributed by atoms with Gasteiger partial charge in [-0.15, -0.1) is 0 Å². The number of hydrogen-bond donors (Lipinski definition) is 0. The quantitative estimate of drug-likeness (QED) is 0.164. The first-order valence-electron chi connectivity index (χ1n) is 25.6. The van der Waals surface area contributed by atoms with Crippen molar-refractivity contribution in [2.75, 3.05) is 0 Å². The standard InChI is InChI=1S/C65H41N5/c1-2-20-42(21-3-1)68-57-34-13-10-28-50(57)52-30-18-31-53(65(52)68)51-29-19-39-62(69-58-35-14-6-24-46(58)47-25-7-15-36-59(47)69)64(51)54-40-43(67-55-32-11-4-22-44(55)45-23-5-12-33-56(45)67)41-63(66-54)70-60-37-16-8-26-48(60)49-27-9-17-38-61(49)70/h1-41H/i8D,16D,26D,37D. The van der Waals surface area contributed by atoms with Crippen molar-refractivity contribution in [3.8, 4) is 45.3 Å². The Labute approximate surface area is 408 Å². The van der Waals surface area contributed by atoms with Gasteiger partial charge < -0.3 is 13.7 Å². The minimum Gasteiger partial charge on any atom is -0.309 e. The van der Waals surface area contributed by atoms with Crippen molar-refractivity contribution in [1.29, 1.82) is 0 Å². The molecule has 5 heterocycles. The third-order valence-electron chi connectivity index (χ3n) is 14.3. The second kappa shape index (κ2) is 15.0. The largest absolute Gasteiger partial charge is 0.309 e. The SMILES string of the molecule is [2H]c1c([2H])c([2H])c2c(c1[2H])c1ccccc1n2-c1cc(-n2c3ccccc3c3ccccc32)cc(-c2c(-c3cccc4c5ccccc5n(-c5ccccc5)c34)cccc2-n2c3ccccc3c3ccccc32)n1. The first-order chi connectivity index (χ1) is 36.4. The van der Waals surface area contributed by atoms with Crippen LogP contribution >= 0.6 is 0 Å². The van der Waals surface area contributed by atoms with Crippen LogP contribution in [0.5, 0.6) is 0 Å². The highest BCUT2D eigenvalue weighted by Gasteiger charge is 2.26. The van der Waals surface area contributed by atoms with Crippen molar-refractivity contribution in [3.63, 3.8) is 0 Å². The highest BCUT2D eigenvalue weighted by Crippen LogP contribution is 2.46. The molecule has 5 heteroatoms. The molecule has 0 unspecified atom stereocenters. The summed E-state index contributed by atoms with van der Waals surface area (Å²) < 4.78 is 45.7. The molecule has 70 heavy (non-hydrogen) atoms. The van der Waals surface area contributed by atoms with E-state index < -0.39 is 0 Å². The van der Waals surface area contributed by atoms with Gasteiger partial charge in [0, 0.05) is 66.0 Å². The Morgan fingerprint density at radius 1 is 0.314 bits per heavy atom. The zero-order chi connectivity index (χ0) is 49.3. The Balaban J connectivity index is 1.15. The van der Waals surface area contributed by atoms with Gasteiger partial charge in [-0.2, -0.15) is 0 Å². The van der Waals surface area contributed by atoms with Crippen LogP contribution < -0.4 is 0 Å². The fourth-order valence-electron chi connectivity index (χ4n) is 11.5. The number of pyridine rings is 1. The van der Waals surface area contributed by atoms with Gasteiger partial charge in [0.15, 0.2) is 0 Å². The number of nitrogens with zero attached hydrogens (tertiary/aromatic N) is 5. The van der Waals surface area contributed by atoms with Gasteiger partial charge in [-0.3, -0.25) is 4.57 Å². The summed E-state index contributed by atoms with van der Waals surface area (Å²) in [5.41, 5.74) is 13.8. The lowest BCUT2D eigenvalue weighted by molar-refractivity contribution is 1.06. The molecule has 10 aromatic carbocycles. The molecule has 0 saturated heterocycles. The van der Waals surface area contributed by atoms with E-state index in [-0.39, 0.29) is 24.2 Å². The molecule has 0 fully saturated rings. The van der Waals surface area contributed by atoms with Gasteiger partial charge in [0.2, 0.25) is 0 Å². The predicted molar refractivity (Wildman–Crippen MR) is 292 cm³/mol. The summed E-state index contributed by atoms with van der Waals surface area (Å²) in [6.45, 7) is 0. The Kier molecular flexibility index (Phi) is 7.47. The summed E-state index contributed by atoms with van der Waals surface area (Å²) in [6.07, 6.45) is 0. The lowest BCUT2D eigenvalue weighted by atomic mass is 9.93. The average molecular weight is 896 g/mol. The molecule has 0 amide bonds. The normalized spacial score (nSPS) is 12.8. The lowest BCUT2D eigenvalue weighted by Gasteiger charge is -2.21. The van der Waals surface area contributed by atoms with Crippen molar-refractivity contribution >= 4 is 87.2 Å². The van der Waals surface area contributed by atoms with Crippen LogP contribution in [0.25, 0.3) is 132 Å². The molecular weight excluding hydrogens is 851 g/mol. The summed E-state index contributed by atoms with van der Waals surface area (Å²) in [4.78, 5) is 5.84. The number of benzene rings is 10. The molecule has 0 saturated carbocycles. The van der Waals surface area contributed by atoms with Gasteiger partial charge >= 0.3 is 0 Å². The van der Waals surface area contributed by atoms with E-state index in [9.17, 15) is 2.74 Å². The van der Waals surface area contributed by atoms with Crippen LogP contribution in [0.2, 0.25) is 0 Å². The first-order valence-corrected chi connectivity index (χ1v) is 23.6. The smallest absolute Gasteiger partial charge is 0.140 e. The van der Waals surface area contributed by atoms with E-state index in [1.54, 1.807) is 0 Å². The van der Waals surface area contributed by atoms with E-state index in [1.165, 1.54) is 0 Å². The maximum Gasteiger partial charge on any atom is 0.140 e. The number of aromatic nitrogens is 5. The molecular formula is C65H41N5. The van der Waals surface area contributed by atoms with Crippen molar-refractivity contribution < 1.29 is 5.48 Å². The van der Waals surface area contributed by atoms with Crippen LogP contribution in [0.15, 0.2) is 249 Å². The average Bonchev–Trinajstić information content (AvgIpc) is 4.25. The third kappa shape index (κ3) is 5.51. The fourth-order valence-corrected chi connectivity index (χ4v) is 11.5. The maximum atomic E-state index is 9.57. The van der Waals surface area contributed by atoms with Crippen LogP contribution in [-0.2, 0) is 0 Å². The Morgan fingerprint density at radius 2 is 0.771 bits per heavy atom. The molecule has 15 rings (SSSR count). The van der Waals surface area contributed by atoms with E-state index in [2.05, 4.69) is 214 Å². The molecule has 0 atom stereocenters. The van der Waals surface area contributed by atoms with E-state index in [0.717, 1.165) is 105 Å². The van der Waals surface area contributed by atoms with Crippen LogP contribution in [0.4, 0.5) is 0 Å². The molecule has 0 aliphatic rings. The Morgan fingerprint density at radius 3 is 1.39 bits per heavy atom. The summed E-state index contributed by atoms with van der Waals surface area (Å²) in [7, 11) is 0. The van der Waals surface area contributed by atoms with Gasteiger partial charge in [-0.05, 0) is 72.3 Å². The third-order valence-corrected chi connectivity index (χ3v) is 14.3. The van der Waals surface area contributed by atoms with Crippen molar-refractivity contribution in [1.82, 2.24) is 23.3 Å². The summed E-state index contributed by atoms with van der Waals surface area (Å²) in [5, 5.41) is 7.94. The molecule has 0 aliphatic carbocycles. The van der Waals surface area contributed by atoms with Gasteiger partial charge in [0.25, 0.3) is 0 Å². The summed E-state index contributed by atoms with van der Waals surface area (Å²) in [6, 6.07) is 77.8. The first kappa shape index (κ1) is 34.8. The van der Waals surface area contributed by atoms with Crippen LogP contribution in [0.1, 0.15) is 5.48 Å². The number of fused-ring (bicyclic) bond motifs is 12. The van der Waals surface area contributed by atoms with Crippen LogP contribution in [-0.4, -0.2) is 23.3 Å². The van der Waals surface area contributed by atoms with Crippen LogP contribution in [0, 0.1) is 0 Å². The van der Waals surface area contributed by atoms with Gasteiger partial charge in [-0.1, -0.05) is 176 Å². The van der Waals surface area contributed by atoms with Crippen molar-refractivity contribution in [2.24, 2.45) is 0 Å². The molecule has 0 radical (unpaired) electrons. The highest BCUT2D eigenvalue weighted by atomic mass is 15.1. The summed E-state index contributed by atoms with van der Waals surface area (Å²) in [5.74, 6) is 0.509. The maximum absolute atomic E-state index is 9.57.